The summed E-state index contributed by atoms with van der Waals surface area (Å²) in [4.78, 5) is 0. The molecule has 0 bridgehead atoms. The molecular weight excluding hydrogens is 301 g/mol. The Bertz CT molecular complexity index is 559. The molecule has 2 rings (SSSR count). The van der Waals surface area contributed by atoms with Crippen molar-refractivity contribution in [2.75, 3.05) is 0 Å². The van der Waals surface area contributed by atoms with Gasteiger partial charge in [-0.3, -0.25) is 0 Å². The zero-order chi connectivity index (χ0) is 15.1. The van der Waals surface area contributed by atoms with E-state index < -0.39 is 4.33 Å². The summed E-state index contributed by atoms with van der Waals surface area (Å²) in [6.07, 6.45) is 4.05. The summed E-state index contributed by atoms with van der Waals surface area (Å²) in [6.45, 7) is 2.52. The zero-order valence-electron chi connectivity index (χ0n) is 12.0. The summed E-state index contributed by atoms with van der Waals surface area (Å²) in [5.74, 6) is 0. The second-order valence-corrected chi connectivity index (χ2v) is 6.83. The molecule has 0 aliphatic rings. The SMILES string of the molecule is CC(Cl)(Cl)C(/C=C/c1ccccc1)NCc1ccccc1. The Morgan fingerprint density at radius 2 is 1.57 bits per heavy atom. The van der Waals surface area contributed by atoms with E-state index >= 15 is 0 Å². The highest BCUT2D eigenvalue weighted by Gasteiger charge is 2.26. The van der Waals surface area contributed by atoms with Crippen molar-refractivity contribution >= 4 is 29.3 Å². The molecule has 21 heavy (non-hydrogen) atoms. The maximum atomic E-state index is 6.28. The van der Waals surface area contributed by atoms with E-state index in [2.05, 4.69) is 17.4 Å². The number of rotatable bonds is 6. The van der Waals surface area contributed by atoms with E-state index in [-0.39, 0.29) is 6.04 Å². The van der Waals surface area contributed by atoms with Gasteiger partial charge in [-0.2, -0.15) is 0 Å². The van der Waals surface area contributed by atoms with Crippen LogP contribution < -0.4 is 5.32 Å². The summed E-state index contributed by atoms with van der Waals surface area (Å²) in [5, 5.41) is 3.40. The van der Waals surface area contributed by atoms with Gasteiger partial charge in [0.25, 0.3) is 0 Å². The smallest absolute Gasteiger partial charge is 0.134 e. The third kappa shape index (κ3) is 5.55. The van der Waals surface area contributed by atoms with Crippen LogP contribution in [0.2, 0.25) is 0 Å². The minimum Gasteiger partial charge on any atom is -0.304 e. The number of halogens is 2. The first-order chi connectivity index (χ1) is 10.1. The number of benzene rings is 2. The number of hydrogen-bond donors (Lipinski definition) is 1. The number of nitrogens with one attached hydrogen (secondary N) is 1. The highest BCUT2D eigenvalue weighted by Crippen LogP contribution is 2.26. The van der Waals surface area contributed by atoms with Crippen molar-refractivity contribution in [3.63, 3.8) is 0 Å². The molecule has 0 aliphatic heterocycles. The first-order valence-electron chi connectivity index (χ1n) is 6.94. The van der Waals surface area contributed by atoms with Crippen molar-refractivity contribution < 1.29 is 0 Å². The van der Waals surface area contributed by atoms with E-state index in [9.17, 15) is 0 Å². The minimum atomic E-state index is -0.875. The lowest BCUT2D eigenvalue weighted by Gasteiger charge is -2.25. The van der Waals surface area contributed by atoms with E-state index in [1.54, 1.807) is 6.92 Å². The molecule has 1 N–H and O–H groups in total. The Kier molecular flexibility index (Phi) is 5.86. The second-order valence-electron chi connectivity index (χ2n) is 5.07. The molecule has 0 spiro atoms. The average Bonchev–Trinajstić information content (AvgIpc) is 2.48. The van der Waals surface area contributed by atoms with Crippen LogP contribution in [0, 0.1) is 0 Å². The predicted molar refractivity (Wildman–Crippen MR) is 92.7 cm³/mol. The van der Waals surface area contributed by atoms with Crippen LogP contribution in [0.5, 0.6) is 0 Å². The molecule has 0 heterocycles. The van der Waals surface area contributed by atoms with Gasteiger partial charge in [-0.25, -0.2) is 0 Å². The molecule has 0 aromatic heterocycles. The van der Waals surface area contributed by atoms with Crippen LogP contribution in [0.4, 0.5) is 0 Å². The first kappa shape index (κ1) is 16.1. The van der Waals surface area contributed by atoms with Crippen molar-refractivity contribution in [1.82, 2.24) is 5.32 Å². The highest BCUT2D eigenvalue weighted by atomic mass is 35.5. The lowest BCUT2D eigenvalue weighted by atomic mass is 10.1. The molecule has 0 aliphatic carbocycles. The Labute approximate surface area is 136 Å². The van der Waals surface area contributed by atoms with Gasteiger partial charge in [0.05, 0.1) is 6.04 Å². The zero-order valence-corrected chi connectivity index (χ0v) is 13.5. The Morgan fingerprint density at radius 3 is 2.14 bits per heavy atom. The molecule has 1 unspecified atom stereocenters. The van der Waals surface area contributed by atoms with Crippen LogP contribution in [-0.4, -0.2) is 10.4 Å². The van der Waals surface area contributed by atoms with E-state index in [0.717, 1.165) is 12.1 Å². The van der Waals surface area contributed by atoms with Crippen molar-refractivity contribution in [1.29, 1.82) is 0 Å². The molecular formula is C18H19Cl2N. The van der Waals surface area contributed by atoms with E-state index in [1.807, 2.05) is 60.7 Å². The van der Waals surface area contributed by atoms with Gasteiger partial charge in [0.15, 0.2) is 0 Å². The van der Waals surface area contributed by atoms with Crippen molar-refractivity contribution in [3.05, 3.63) is 77.9 Å². The molecule has 0 fully saturated rings. The molecule has 0 saturated heterocycles. The van der Waals surface area contributed by atoms with Gasteiger partial charge in [0.1, 0.15) is 4.33 Å². The second kappa shape index (κ2) is 7.65. The van der Waals surface area contributed by atoms with E-state index in [0.29, 0.717) is 0 Å². The van der Waals surface area contributed by atoms with Crippen LogP contribution in [0.1, 0.15) is 18.1 Å². The fourth-order valence-electron chi connectivity index (χ4n) is 2.01. The number of alkyl halides is 2. The third-order valence-electron chi connectivity index (χ3n) is 3.20. The first-order valence-corrected chi connectivity index (χ1v) is 7.70. The third-order valence-corrected chi connectivity index (χ3v) is 3.67. The molecule has 0 radical (unpaired) electrons. The molecule has 3 heteroatoms. The molecule has 2 aromatic rings. The van der Waals surface area contributed by atoms with Gasteiger partial charge in [-0.1, -0.05) is 96.0 Å². The van der Waals surface area contributed by atoms with Crippen LogP contribution in [0.25, 0.3) is 6.08 Å². The Hall–Kier alpha value is -1.28. The monoisotopic (exact) mass is 319 g/mol. The fraction of sp³-hybridized carbons (Fsp3) is 0.222. The number of hydrogen-bond acceptors (Lipinski definition) is 1. The van der Waals surface area contributed by atoms with E-state index in [1.165, 1.54) is 5.56 Å². The molecule has 1 atom stereocenters. The van der Waals surface area contributed by atoms with Crippen molar-refractivity contribution in [2.45, 2.75) is 23.8 Å². The summed E-state index contributed by atoms with van der Waals surface area (Å²) >= 11 is 12.6. The molecule has 110 valence electrons. The van der Waals surface area contributed by atoms with Gasteiger partial charge >= 0.3 is 0 Å². The lowest BCUT2D eigenvalue weighted by Crippen LogP contribution is -2.39. The molecule has 0 amide bonds. The Balaban J connectivity index is 2.03. The average molecular weight is 320 g/mol. The summed E-state index contributed by atoms with van der Waals surface area (Å²) < 4.78 is -0.875. The largest absolute Gasteiger partial charge is 0.304 e. The minimum absolute atomic E-state index is 0.138. The van der Waals surface area contributed by atoms with Crippen molar-refractivity contribution in [2.24, 2.45) is 0 Å². The molecule has 1 nitrogen and oxygen atoms in total. The maximum Gasteiger partial charge on any atom is 0.134 e. The van der Waals surface area contributed by atoms with E-state index in [4.69, 9.17) is 23.2 Å². The summed E-state index contributed by atoms with van der Waals surface area (Å²) in [5.41, 5.74) is 2.33. The molecule has 2 aromatic carbocycles. The fourth-order valence-corrected chi connectivity index (χ4v) is 2.31. The topological polar surface area (TPSA) is 12.0 Å². The molecule has 0 saturated carbocycles. The Morgan fingerprint density at radius 1 is 1.00 bits per heavy atom. The quantitative estimate of drug-likeness (QED) is 0.734. The lowest BCUT2D eigenvalue weighted by molar-refractivity contribution is 0.556. The van der Waals surface area contributed by atoms with Crippen LogP contribution in [0.3, 0.4) is 0 Å². The van der Waals surface area contributed by atoms with Crippen LogP contribution >= 0.6 is 23.2 Å². The summed E-state index contributed by atoms with van der Waals surface area (Å²) in [7, 11) is 0. The van der Waals surface area contributed by atoms with Gasteiger partial charge in [0.2, 0.25) is 0 Å². The predicted octanol–water partition coefficient (Wildman–Crippen LogP) is 5.05. The summed E-state index contributed by atoms with van der Waals surface area (Å²) in [6, 6.07) is 20.2. The van der Waals surface area contributed by atoms with Crippen LogP contribution in [0.15, 0.2) is 66.7 Å². The van der Waals surface area contributed by atoms with Gasteiger partial charge in [-0.15, -0.1) is 0 Å². The maximum absolute atomic E-state index is 6.28. The highest BCUT2D eigenvalue weighted by molar-refractivity contribution is 6.48. The van der Waals surface area contributed by atoms with Crippen LogP contribution in [-0.2, 0) is 6.54 Å². The normalized spacial score (nSPS) is 13.5. The van der Waals surface area contributed by atoms with Gasteiger partial charge in [-0.05, 0) is 18.1 Å². The van der Waals surface area contributed by atoms with Crippen molar-refractivity contribution in [3.8, 4) is 0 Å². The van der Waals surface area contributed by atoms with Gasteiger partial charge < -0.3 is 5.32 Å². The standard InChI is InChI=1S/C18H19Cl2N/c1-18(19,20)17(13-12-15-8-4-2-5-9-15)21-14-16-10-6-3-7-11-16/h2-13,17,21H,14H2,1H3/b13-12+. The van der Waals surface area contributed by atoms with Gasteiger partial charge in [0, 0.05) is 6.54 Å².